The molecule has 3 rings (SSSR count). The lowest BCUT2D eigenvalue weighted by Gasteiger charge is -2.08. The van der Waals surface area contributed by atoms with E-state index in [9.17, 15) is 4.79 Å². The fourth-order valence-electron chi connectivity index (χ4n) is 2.10. The Morgan fingerprint density at radius 2 is 2.13 bits per heavy atom. The van der Waals surface area contributed by atoms with Crippen molar-refractivity contribution in [1.82, 2.24) is 10.3 Å². The highest BCUT2D eigenvalue weighted by atomic mass is 79.9. The third-order valence-electron chi connectivity index (χ3n) is 3.27. The first-order chi connectivity index (χ1) is 11.1. The molecule has 2 heterocycles. The van der Waals surface area contributed by atoms with Gasteiger partial charge in [-0.25, -0.2) is 0 Å². The van der Waals surface area contributed by atoms with Crippen LogP contribution in [0.15, 0.2) is 57.8 Å². The fraction of sp³-hybridized carbons (Fsp3) is 0.0588. The molecule has 1 aromatic carbocycles. The maximum atomic E-state index is 12.3. The molecular weight excluding hydrogens is 396 g/mol. The minimum absolute atomic E-state index is 0.204. The van der Waals surface area contributed by atoms with E-state index in [0.29, 0.717) is 17.1 Å². The predicted octanol–water partition coefficient (Wildman–Crippen LogP) is 5.16. The average Bonchev–Trinajstić information content (AvgIpc) is 3.10. The third kappa shape index (κ3) is 3.99. The Morgan fingerprint density at radius 3 is 2.91 bits per heavy atom. The molecule has 0 unspecified atom stereocenters. The summed E-state index contributed by atoms with van der Waals surface area (Å²) in [6.45, 7) is 0.418. The van der Waals surface area contributed by atoms with Crippen LogP contribution in [0.3, 0.4) is 0 Å². The molecular formula is C17H12BrClN2OS. The van der Waals surface area contributed by atoms with Crippen molar-refractivity contribution in [3.8, 4) is 11.3 Å². The van der Waals surface area contributed by atoms with Crippen molar-refractivity contribution >= 4 is 44.8 Å². The number of rotatable bonds is 4. The predicted molar refractivity (Wildman–Crippen MR) is 97.9 cm³/mol. The largest absolute Gasteiger partial charge is 0.348 e. The molecule has 3 nitrogen and oxygen atoms in total. The van der Waals surface area contributed by atoms with E-state index in [1.807, 2.05) is 29.0 Å². The van der Waals surface area contributed by atoms with Gasteiger partial charge in [0.25, 0.3) is 5.91 Å². The van der Waals surface area contributed by atoms with E-state index in [1.54, 1.807) is 35.7 Å². The molecule has 1 amide bonds. The summed E-state index contributed by atoms with van der Waals surface area (Å²) < 4.78 is 0.815. The Kier molecular flexibility index (Phi) is 5.10. The molecule has 2 aromatic heterocycles. The summed E-state index contributed by atoms with van der Waals surface area (Å²) in [5.41, 5.74) is 3.42. The van der Waals surface area contributed by atoms with Crippen LogP contribution in [0.1, 0.15) is 15.9 Å². The second-order valence-corrected chi connectivity index (χ2v) is 6.97. The number of carbonyl (C=O) groups excluding carboxylic acids is 1. The molecule has 0 aliphatic rings. The van der Waals surface area contributed by atoms with Gasteiger partial charge in [-0.3, -0.25) is 9.78 Å². The monoisotopic (exact) mass is 406 g/mol. The highest BCUT2D eigenvalue weighted by Gasteiger charge is 2.11. The van der Waals surface area contributed by atoms with Gasteiger partial charge in [-0.15, -0.1) is 0 Å². The van der Waals surface area contributed by atoms with E-state index in [4.69, 9.17) is 11.6 Å². The van der Waals surface area contributed by atoms with Gasteiger partial charge < -0.3 is 5.32 Å². The minimum atomic E-state index is -0.204. The number of hydrogen-bond donors (Lipinski definition) is 1. The molecule has 1 N–H and O–H groups in total. The van der Waals surface area contributed by atoms with Crippen molar-refractivity contribution in [2.45, 2.75) is 6.54 Å². The fourth-order valence-corrected chi connectivity index (χ4v) is 3.32. The number of carbonyl (C=O) groups is 1. The molecule has 3 aromatic rings. The molecule has 0 atom stereocenters. The van der Waals surface area contributed by atoms with Gasteiger partial charge in [-0.2, -0.15) is 11.3 Å². The van der Waals surface area contributed by atoms with Crippen LogP contribution in [0.2, 0.25) is 5.02 Å². The number of halogens is 2. The first-order valence-electron chi connectivity index (χ1n) is 6.84. The lowest BCUT2D eigenvalue weighted by atomic mass is 10.1. The van der Waals surface area contributed by atoms with E-state index in [1.165, 1.54) is 0 Å². The van der Waals surface area contributed by atoms with E-state index in [-0.39, 0.29) is 5.91 Å². The summed E-state index contributed by atoms with van der Waals surface area (Å²) >= 11 is 11.1. The van der Waals surface area contributed by atoms with Crippen LogP contribution in [0, 0.1) is 0 Å². The summed E-state index contributed by atoms with van der Waals surface area (Å²) in [6.07, 6.45) is 1.75. The van der Waals surface area contributed by atoms with Crippen molar-refractivity contribution in [1.29, 1.82) is 0 Å². The van der Waals surface area contributed by atoms with Crippen LogP contribution < -0.4 is 5.32 Å². The summed E-state index contributed by atoms with van der Waals surface area (Å²) in [6, 6.07) is 11.1. The first kappa shape index (κ1) is 16.2. The minimum Gasteiger partial charge on any atom is -0.348 e. The lowest BCUT2D eigenvalue weighted by molar-refractivity contribution is 0.0951. The Labute approximate surface area is 151 Å². The van der Waals surface area contributed by atoms with Gasteiger partial charge in [0.15, 0.2) is 0 Å². The topological polar surface area (TPSA) is 42.0 Å². The quantitative estimate of drug-likeness (QED) is 0.649. The number of nitrogens with zero attached hydrogens (tertiary/aromatic N) is 1. The second-order valence-electron chi connectivity index (χ2n) is 4.87. The summed E-state index contributed by atoms with van der Waals surface area (Å²) in [4.78, 5) is 16.6. The molecule has 0 aliphatic heterocycles. The molecule has 116 valence electrons. The number of benzene rings is 1. The van der Waals surface area contributed by atoms with Crippen LogP contribution in [-0.2, 0) is 6.54 Å². The zero-order chi connectivity index (χ0) is 16.2. The SMILES string of the molecule is O=C(NCc1ccnc(-c2ccsc2)c1)c1cc(Br)ccc1Cl. The summed E-state index contributed by atoms with van der Waals surface area (Å²) in [5, 5.41) is 7.38. The standard InChI is InChI=1S/C17H12BrClN2OS/c18-13-1-2-15(19)14(8-13)17(22)21-9-11-3-5-20-16(7-11)12-4-6-23-10-12/h1-8,10H,9H2,(H,21,22). The van der Waals surface area contributed by atoms with Gasteiger partial charge in [-0.1, -0.05) is 27.5 Å². The highest BCUT2D eigenvalue weighted by Crippen LogP contribution is 2.22. The number of pyridine rings is 1. The number of thiophene rings is 1. The Bertz CT molecular complexity index is 836. The molecule has 0 fully saturated rings. The van der Waals surface area contributed by atoms with Gasteiger partial charge in [0.2, 0.25) is 0 Å². The summed E-state index contributed by atoms with van der Waals surface area (Å²) in [5.74, 6) is -0.204. The highest BCUT2D eigenvalue weighted by molar-refractivity contribution is 9.10. The van der Waals surface area contributed by atoms with E-state index in [2.05, 4.69) is 26.2 Å². The Balaban J connectivity index is 1.72. The van der Waals surface area contributed by atoms with E-state index in [0.717, 1.165) is 21.3 Å². The zero-order valence-electron chi connectivity index (χ0n) is 11.9. The van der Waals surface area contributed by atoms with Crippen molar-refractivity contribution in [2.75, 3.05) is 0 Å². The average molecular weight is 408 g/mol. The molecule has 0 spiro atoms. The molecule has 0 aliphatic carbocycles. The van der Waals surface area contributed by atoms with E-state index < -0.39 is 0 Å². The van der Waals surface area contributed by atoms with Crippen molar-refractivity contribution in [3.63, 3.8) is 0 Å². The smallest absolute Gasteiger partial charge is 0.253 e. The van der Waals surface area contributed by atoms with Gasteiger partial charge in [0, 0.05) is 28.2 Å². The van der Waals surface area contributed by atoms with Crippen LogP contribution in [-0.4, -0.2) is 10.9 Å². The Morgan fingerprint density at radius 1 is 1.26 bits per heavy atom. The maximum Gasteiger partial charge on any atom is 0.253 e. The van der Waals surface area contributed by atoms with Gasteiger partial charge in [0.1, 0.15) is 0 Å². The van der Waals surface area contributed by atoms with Gasteiger partial charge in [0.05, 0.1) is 16.3 Å². The van der Waals surface area contributed by atoms with E-state index >= 15 is 0 Å². The summed E-state index contributed by atoms with van der Waals surface area (Å²) in [7, 11) is 0. The van der Waals surface area contributed by atoms with Crippen LogP contribution in [0.5, 0.6) is 0 Å². The maximum absolute atomic E-state index is 12.3. The van der Waals surface area contributed by atoms with Gasteiger partial charge >= 0.3 is 0 Å². The van der Waals surface area contributed by atoms with Crippen molar-refractivity contribution in [2.24, 2.45) is 0 Å². The number of hydrogen-bond acceptors (Lipinski definition) is 3. The molecule has 23 heavy (non-hydrogen) atoms. The molecule has 0 saturated heterocycles. The molecule has 0 bridgehead atoms. The third-order valence-corrected chi connectivity index (χ3v) is 4.77. The first-order valence-corrected chi connectivity index (χ1v) is 8.95. The second kappa shape index (κ2) is 7.25. The van der Waals surface area contributed by atoms with Gasteiger partial charge in [-0.05, 0) is 47.3 Å². The molecule has 0 radical (unpaired) electrons. The Hall–Kier alpha value is -1.69. The zero-order valence-corrected chi connectivity index (χ0v) is 15.1. The van der Waals surface area contributed by atoms with Crippen molar-refractivity contribution < 1.29 is 4.79 Å². The number of amides is 1. The normalized spacial score (nSPS) is 10.5. The molecule has 0 saturated carbocycles. The molecule has 6 heteroatoms. The van der Waals surface area contributed by atoms with Crippen LogP contribution in [0.4, 0.5) is 0 Å². The number of nitrogens with one attached hydrogen (secondary N) is 1. The number of aromatic nitrogens is 1. The van der Waals surface area contributed by atoms with Crippen LogP contribution in [0.25, 0.3) is 11.3 Å². The van der Waals surface area contributed by atoms with Crippen molar-refractivity contribution in [3.05, 3.63) is 74.0 Å². The van der Waals surface area contributed by atoms with Crippen LogP contribution >= 0.6 is 38.9 Å². The lowest BCUT2D eigenvalue weighted by Crippen LogP contribution is -2.23.